The number of ether oxygens (including phenoxy) is 1. The summed E-state index contributed by atoms with van der Waals surface area (Å²) in [6.07, 6.45) is 1.43. The van der Waals surface area contributed by atoms with Crippen LogP contribution < -0.4 is 5.73 Å². The van der Waals surface area contributed by atoms with Gasteiger partial charge in [0.2, 0.25) is 0 Å². The molecule has 0 aliphatic carbocycles. The van der Waals surface area contributed by atoms with Gasteiger partial charge < -0.3 is 15.6 Å². The van der Waals surface area contributed by atoms with Gasteiger partial charge in [-0.2, -0.15) is 0 Å². The fourth-order valence-electron chi connectivity index (χ4n) is 3.06. The summed E-state index contributed by atoms with van der Waals surface area (Å²) in [5.41, 5.74) is 4.82. The highest BCUT2D eigenvalue weighted by molar-refractivity contribution is 5.11. The lowest BCUT2D eigenvalue weighted by Gasteiger charge is -2.46. The molecule has 3 heteroatoms. The van der Waals surface area contributed by atoms with Gasteiger partial charge in [0.1, 0.15) is 5.60 Å². The molecule has 0 aromatic carbocycles. The fraction of sp³-hybridized carbons (Fsp3) is 1.00. The zero-order valence-corrected chi connectivity index (χ0v) is 12.2. The molecule has 1 fully saturated rings. The highest BCUT2D eigenvalue weighted by atomic mass is 16.5. The molecule has 0 aromatic rings. The molecule has 17 heavy (non-hydrogen) atoms. The van der Waals surface area contributed by atoms with Gasteiger partial charge >= 0.3 is 0 Å². The second-order valence-electron chi connectivity index (χ2n) is 7.05. The summed E-state index contributed by atoms with van der Waals surface area (Å²) in [6, 6.07) is 0. The molecule has 1 heterocycles. The Labute approximate surface area is 106 Å². The molecule has 2 atom stereocenters. The summed E-state index contributed by atoms with van der Waals surface area (Å²) >= 11 is 0. The van der Waals surface area contributed by atoms with Crippen LogP contribution in [0.2, 0.25) is 0 Å². The van der Waals surface area contributed by atoms with E-state index in [1.54, 1.807) is 0 Å². The zero-order valence-electron chi connectivity index (χ0n) is 12.2. The third kappa shape index (κ3) is 2.83. The Bertz CT molecular complexity index is 275. The maximum atomic E-state index is 10.9. The van der Waals surface area contributed by atoms with Gasteiger partial charge in [0.15, 0.2) is 0 Å². The fourth-order valence-corrected chi connectivity index (χ4v) is 3.06. The molecule has 102 valence electrons. The predicted octanol–water partition coefficient (Wildman–Crippen LogP) is 2.32. The highest BCUT2D eigenvalue weighted by Crippen LogP contribution is 2.44. The Morgan fingerprint density at radius 2 is 1.82 bits per heavy atom. The van der Waals surface area contributed by atoms with Crippen molar-refractivity contribution in [2.75, 3.05) is 6.61 Å². The normalized spacial score (nSPS) is 32.1. The first-order valence-corrected chi connectivity index (χ1v) is 6.68. The molecule has 3 nitrogen and oxygen atoms in total. The van der Waals surface area contributed by atoms with Crippen LogP contribution in [-0.4, -0.2) is 28.5 Å². The van der Waals surface area contributed by atoms with Crippen molar-refractivity contribution in [3.8, 4) is 0 Å². The summed E-state index contributed by atoms with van der Waals surface area (Å²) in [5.74, 6) is 0.697. The van der Waals surface area contributed by atoms with Gasteiger partial charge in [-0.3, -0.25) is 0 Å². The molecular weight excluding hydrogens is 214 g/mol. The van der Waals surface area contributed by atoms with Gasteiger partial charge in [0, 0.05) is 12.0 Å². The second-order valence-corrected chi connectivity index (χ2v) is 7.05. The third-order valence-corrected chi connectivity index (χ3v) is 4.06. The van der Waals surface area contributed by atoms with E-state index in [1.807, 2.05) is 13.8 Å². The van der Waals surface area contributed by atoms with E-state index in [-0.39, 0.29) is 11.5 Å². The molecule has 0 radical (unpaired) electrons. The smallest absolute Gasteiger partial charge is 0.109 e. The average Bonchev–Trinajstić information content (AvgIpc) is 2.40. The van der Waals surface area contributed by atoms with Crippen LogP contribution in [0.15, 0.2) is 0 Å². The Hall–Kier alpha value is -0.120. The lowest BCUT2D eigenvalue weighted by Crippen LogP contribution is -2.65. The largest absolute Gasteiger partial charge is 0.385 e. The zero-order chi connectivity index (χ0) is 13.5. The maximum absolute atomic E-state index is 10.9. The minimum absolute atomic E-state index is 0.229. The van der Waals surface area contributed by atoms with Crippen LogP contribution >= 0.6 is 0 Å². The van der Waals surface area contributed by atoms with E-state index in [0.29, 0.717) is 18.9 Å². The molecule has 0 aromatic heterocycles. The van der Waals surface area contributed by atoms with Crippen LogP contribution in [0.4, 0.5) is 0 Å². The first-order valence-electron chi connectivity index (χ1n) is 6.68. The van der Waals surface area contributed by atoms with Crippen molar-refractivity contribution in [2.24, 2.45) is 17.6 Å². The Morgan fingerprint density at radius 3 is 2.12 bits per heavy atom. The minimum atomic E-state index is -0.908. The molecule has 2 unspecified atom stereocenters. The molecule has 1 aliphatic rings. The van der Waals surface area contributed by atoms with Gasteiger partial charge in [-0.05, 0) is 32.1 Å². The summed E-state index contributed by atoms with van der Waals surface area (Å²) in [7, 11) is 0. The SMILES string of the molecule is CC(C)CC(N)(C(C)C)C1(O)COC(C)(C)C1. The van der Waals surface area contributed by atoms with Crippen molar-refractivity contribution in [1.82, 2.24) is 0 Å². The van der Waals surface area contributed by atoms with Crippen LogP contribution in [0, 0.1) is 11.8 Å². The van der Waals surface area contributed by atoms with Crippen molar-refractivity contribution in [1.29, 1.82) is 0 Å². The highest BCUT2D eigenvalue weighted by Gasteiger charge is 2.56. The monoisotopic (exact) mass is 243 g/mol. The standard InChI is InChI=1S/C14H29NO2/c1-10(2)7-14(15,11(3)4)13(16)8-12(5,6)17-9-13/h10-11,16H,7-9,15H2,1-6H3. The first-order chi connectivity index (χ1) is 7.52. The number of nitrogens with two attached hydrogens (primary N) is 1. The summed E-state index contributed by atoms with van der Waals surface area (Å²) in [6.45, 7) is 12.9. The number of aliphatic hydroxyl groups is 1. The average molecular weight is 243 g/mol. The van der Waals surface area contributed by atoms with Gasteiger partial charge in [0.25, 0.3) is 0 Å². The molecule has 0 saturated carbocycles. The topological polar surface area (TPSA) is 55.5 Å². The first kappa shape index (κ1) is 14.9. The molecule has 1 rings (SSSR count). The molecule has 0 bridgehead atoms. The van der Waals surface area contributed by atoms with E-state index in [1.165, 1.54) is 0 Å². The molecular formula is C14H29NO2. The van der Waals surface area contributed by atoms with E-state index < -0.39 is 11.1 Å². The van der Waals surface area contributed by atoms with Crippen LogP contribution in [0.5, 0.6) is 0 Å². The molecule has 0 spiro atoms. The van der Waals surface area contributed by atoms with Gasteiger partial charge in [-0.1, -0.05) is 27.7 Å². The van der Waals surface area contributed by atoms with Crippen molar-refractivity contribution in [3.05, 3.63) is 0 Å². The van der Waals surface area contributed by atoms with Crippen LogP contribution in [0.1, 0.15) is 54.4 Å². The number of hydrogen-bond donors (Lipinski definition) is 2. The molecule has 1 aliphatic heterocycles. The van der Waals surface area contributed by atoms with E-state index in [9.17, 15) is 5.11 Å². The lowest BCUT2D eigenvalue weighted by atomic mass is 9.66. The van der Waals surface area contributed by atoms with Crippen molar-refractivity contribution < 1.29 is 9.84 Å². The minimum Gasteiger partial charge on any atom is -0.385 e. The van der Waals surface area contributed by atoms with E-state index >= 15 is 0 Å². The van der Waals surface area contributed by atoms with Crippen molar-refractivity contribution in [2.45, 2.75) is 71.1 Å². The second kappa shape index (κ2) is 4.52. The van der Waals surface area contributed by atoms with E-state index in [0.717, 1.165) is 6.42 Å². The quantitative estimate of drug-likeness (QED) is 0.796. The van der Waals surface area contributed by atoms with Crippen molar-refractivity contribution >= 4 is 0 Å². The number of rotatable bonds is 4. The van der Waals surface area contributed by atoms with Crippen LogP contribution in [0.3, 0.4) is 0 Å². The predicted molar refractivity (Wildman–Crippen MR) is 70.8 cm³/mol. The van der Waals surface area contributed by atoms with E-state index in [4.69, 9.17) is 10.5 Å². The number of hydrogen-bond acceptors (Lipinski definition) is 3. The Morgan fingerprint density at radius 1 is 1.29 bits per heavy atom. The maximum Gasteiger partial charge on any atom is 0.109 e. The van der Waals surface area contributed by atoms with Crippen LogP contribution in [-0.2, 0) is 4.74 Å². The summed E-state index contributed by atoms with van der Waals surface area (Å²) in [4.78, 5) is 0. The summed E-state index contributed by atoms with van der Waals surface area (Å²) in [5, 5.41) is 10.9. The summed E-state index contributed by atoms with van der Waals surface area (Å²) < 4.78 is 5.70. The van der Waals surface area contributed by atoms with Gasteiger partial charge in [0.05, 0.1) is 12.2 Å². The van der Waals surface area contributed by atoms with E-state index in [2.05, 4.69) is 27.7 Å². The lowest BCUT2D eigenvalue weighted by molar-refractivity contribution is -0.0688. The van der Waals surface area contributed by atoms with Crippen LogP contribution in [0.25, 0.3) is 0 Å². The molecule has 3 N–H and O–H groups in total. The van der Waals surface area contributed by atoms with Crippen molar-refractivity contribution in [3.63, 3.8) is 0 Å². The van der Waals surface area contributed by atoms with Gasteiger partial charge in [-0.15, -0.1) is 0 Å². The van der Waals surface area contributed by atoms with Gasteiger partial charge in [-0.25, -0.2) is 0 Å². The molecule has 1 saturated heterocycles. The Kier molecular flexibility index (Phi) is 3.98. The third-order valence-electron chi connectivity index (χ3n) is 4.06. The Balaban J connectivity index is 2.99. The molecule has 0 amide bonds.